The summed E-state index contributed by atoms with van der Waals surface area (Å²) in [6.45, 7) is 9.98. The van der Waals surface area contributed by atoms with E-state index in [1.165, 1.54) is 16.3 Å². The summed E-state index contributed by atoms with van der Waals surface area (Å²) in [7, 11) is 1.67. The smallest absolute Gasteiger partial charge is 0.270 e. The van der Waals surface area contributed by atoms with E-state index in [1.54, 1.807) is 24.9 Å². The molecule has 0 radical (unpaired) electrons. The topological polar surface area (TPSA) is 69.3 Å². The van der Waals surface area contributed by atoms with E-state index >= 15 is 0 Å². The Labute approximate surface area is 188 Å². The number of aromatic nitrogens is 1. The molecule has 2 rings (SSSR count). The third-order valence-electron chi connectivity index (χ3n) is 5.42. The van der Waals surface area contributed by atoms with E-state index in [-0.39, 0.29) is 17.0 Å². The maximum atomic E-state index is 13.0. The fraction of sp³-hybridized carbons (Fsp3) is 0.545. The van der Waals surface area contributed by atoms with Gasteiger partial charge in [-0.2, -0.15) is 5.26 Å². The number of amides is 1. The van der Waals surface area contributed by atoms with Gasteiger partial charge in [-0.1, -0.05) is 50.2 Å². The van der Waals surface area contributed by atoms with E-state index in [4.69, 9.17) is 12.2 Å². The number of anilines is 1. The van der Waals surface area contributed by atoms with E-state index in [0.717, 1.165) is 37.1 Å². The zero-order chi connectivity index (χ0) is 22.4. The highest BCUT2D eigenvalue weighted by Crippen LogP contribution is 2.35. The van der Waals surface area contributed by atoms with Crippen LogP contribution in [0.3, 0.4) is 0 Å². The van der Waals surface area contributed by atoms with Crippen molar-refractivity contribution in [3.05, 3.63) is 31.9 Å². The van der Waals surface area contributed by atoms with Crippen LogP contribution < -0.4 is 10.5 Å². The molecule has 0 N–H and O–H groups in total. The number of rotatable bonds is 9. The maximum Gasteiger partial charge on any atom is 0.270 e. The van der Waals surface area contributed by atoms with Crippen LogP contribution in [-0.2, 0) is 11.8 Å². The zero-order valence-corrected chi connectivity index (χ0v) is 20.1. The van der Waals surface area contributed by atoms with Gasteiger partial charge in [-0.3, -0.25) is 19.1 Å². The Kier molecular flexibility index (Phi) is 8.68. The van der Waals surface area contributed by atoms with Crippen LogP contribution in [0.5, 0.6) is 0 Å². The zero-order valence-electron chi connectivity index (χ0n) is 18.4. The van der Waals surface area contributed by atoms with Crippen molar-refractivity contribution < 1.29 is 4.79 Å². The highest BCUT2D eigenvalue weighted by molar-refractivity contribution is 8.26. The molecule has 0 bridgehead atoms. The summed E-state index contributed by atoms with van der Waals surface area (Å²) in [6, 6.07) is 2.03. The largest absolute Gasteiger partial charge is 0.358 e. The van der Waals surface area contributed by atoms with Gasteiger partial charge in [0.1, 0.15) is 21.8 Å². The predicted octanol–water partition coefficient (Wildman–Crippen LogP) is 4.19. The van der Waals surface area contributed by atoms with Crippen LogP contribution in [0.1, 0.15) is 63.1 Å². The molecule has 0 saturated carbocycles. The lowest BCUT2D eigenvalue weighted by Crippen LogP contribution is -2.33. The molecule has 1 aromatic heterocycles. The minimum Gasteiger partial charge on any atom is -0.358 e. The van der Waals surface area contributed by atoms with Gasteiger partial charge in [-0.25, -0.2) is 0 Å². The molecular formula is C22H30N4O2S2. The average molecular weight is 447 g/mol. The van der Waals surface area contributed by atoms with Crippen LogP contribution in [-0.4, -0.2) is 39.3 Å². The summed E-state index contributed by atoms with van der Waals surface area (Å²) in [5, 5.41) is 9.53. The first kappa shape index (κ1) is 24.2. The Morgan fingerprint density at radius 3 is 2.40 bits per heavy atom. The maximum absolute atomic E-state index is 13.0. The van der Waals surface area contributed by atoms with Crippen LogP contribution in [0.25, 0.3) is 6.08 Å². The van der Waals surface area contributed by atoms with Crippen molar-refractivity contribution >= 4 is 46.1 Å². The van der Waals surface area contributed by atoms with E-state index < -0.39 is 0 Å². The number of hydrogen-bond donors (Lipinski definition) is 0. The van der Waals surface area contributed by atoms with Gasteiger partial charge in [0, 0.05) is 32.2 Å². The molecule has 0 unspecified atom stereocenters. The Balaban J connectivity index is 2.53. The van der Waals surface area contributed by atoms with Crippen molar-refractivity contribution in [3.63, 3.8) is 0 Å². The summed E-state index contributed by atoms with van der Waals surface area (Å²) in [6.07, 6.45) is 6.08. The average Bonchev–Trinajstić information content (AvgIpc) is 2.99. The molecule has 6 nitrogen and oxygen atoms in total. The van der Waals surface area contributed by atoms with Gasteiger partial charge in [0.2, 0.25) is 0 Å². The Morgan fingerprint density at radius 2 is 1.83 bits per heavy atom. The molecule has 162 valence electrons. The molecule has 30 heavy (non-hydrogen) atoms. The highest BCUT2D eigenvalue weighted by Gasteiger charge is 2.32. The SMILES string of the molecule is CCCCCCN1C(=O)/C(=C/c2c(C)c(C#N)c(=O)n(C)c2N(CC)CC)SC1=S. The monoisotopic (exact) mass is 446 g/mol. The lowest BCUT2D eigenvalue weighted by Gasteiger charge is -2.27. The molecule has 1 amide bonds. The van der Waals surface area contributed by atoms with E-state index in [0.29, 0.717) is 34.4 Å². The fourth-order valence-electron chi connectivity index (χ4n) is 3.64. The molecular weight excluding hydrogens is 416 g/mol. The molecule has 0 atom stereocenters. The summed E-state index contributed by atoms with van der Waals surface area (Å²) in [5.41, 5.74) is 1.10. The summed E-state index contributed by atoms with van der Waals surface area (Å²) < 4.78 is 2.07. The van der Waals surface area contributed by atoms with E-state index in [9.17, 15) is 14.9 Å². The summed E-state index contributed by atoms with van der Waals surface area (Å²) in [4.78, 5) is 30.0. The Bertz CT molecular complexity index is 955. The number of nitriles is 1. The number of thioether (sulfide) groups is 1. The van der Waals surface area contributed by atoms with Crippen molar-refractivity contribution in [1.29, 1.82) is 5.26 Å². The Hall–Kier alpha value is -2.11. The molecule has 8 heteroatoms. The van der Waals surface area contributed by atoms with E-state index in [1.807, 2.05) is 19.9 Å². The molecule has 0 aromatic carbocycles. The van der Waals surface area contributed by atoms with Crippen molar-refractivity contribution in [1.82, 2.24) is 9.47 Å². The van der Waals surface area contributed by atoms with Gasteiger partial charge in [0.15, 0.2) is 0 Å². The number of carbonyl (C=O) groups excluding carboxylic acids is 1. The van der Waals surface area contributed by atoms with Crippen LogP contribution in [0.4, 0.5) is 5.82 Å². The lowest BCUT2D eigenvalue weighted by atomic mass is 10.0. The van der Waals surface area contributed by atoms with E-state index in [2.05, 4.69) is 11.8 Å². The standard InChI is InChI=1S/C22H30N4O2S2/c1-6-9-10-11-12-26-21(28)18(30-22(26)29)13-16-15(4)17(14-23)20(27)24(5)19(16)25(7-2)8-3/h13H,6-12H2,1-5H3/b18-13-. The molecule has 1 fully saturated rings. The number of thiocarbonyl (C=S) groups is 1. The van der Waals surface area contributed by atoms with Crippen LogP contribution in [0.15, 0.2) is 9.70 Å². The molecule has 0 spiro atoms. The van der Waals surface area contributed by atoms with Crippen molar-refractivity contribution in [3.8, 4) is 6.07 Å². The normalized spacial score (nSPS) is 15.2. The summed E-state index contributed by atoms with van der Waals surface area (Å²) >= 11 is 6.74. The predicted molar refractivity (Wildman–Crippen MR) is 129 cm³/mol. The van der Waals surface area contributed by atoms with Gasteiger partial charge < -0.3 is 4.90 Å². The third kappa shape index (κ3) is 4.79. The third-order valence-corrected chi connectivity index (χ3v) is 6.79. The molecule has 0 aliphatic carbocycles. The molecule has 1 aliphatic heterocycles. The minimum atomic E-state index is -0.322. The van der Waals surface area contributed by atoms with Gasteiger partial charge in [-0.15, -0.1) is 0 Å². The minimum absolute atomic E-state index is 0.0984. The van der Waals surface area contributed by atoms with Crippen molar-refractivity contribution in [2.75, 3.05) is 24.5 Å². The second-order valence-corrected chi connectivity index (χ2v) is 8.96. The van der Waals surface area contributed by atoms with Crippen LogP contribution in [0.2, 0.25) is 0 Å². The molecule has 1 aromatic rings. The molecule has 1 aliphatic rings. The molecule has 2 heterocycles. The second kappa shape index (κ2) is 10.8. The number of pyridine rings is 1. The van der Waals surface area contributed by atoms with Crippen molar-refractivity contribution in [2.24, 2.45) is 7.05 Å². The number of nitrogens with zero attached hydrogens (tertiary/aromatic N) is 4. The highest BCUT2D eigenvalue weighted by atomic mass is 32.2. The van der Waals surface area contributed by atoms with Gasteiger partial charge >= 0.3 is 0 Å². The van der Waals surface area contributed by atoms with Gasteiger partial charge in [0.05, 0.1) is 4.91 Å². The quantitative estimate of drug-likeness (QED) is 0.322. The summed E-state index contributed by atoms with van der Waals surface area (Å²) in [5.74, 6) is 0.619. The first-order chi connectivity index (χ1) is 14.3. The second-order valence-electron chi connectivity index (χ2n) is 7.28. The Morgan fingerprint density at radius 1 is 1.17 bits per heavy atom. The molecule has 1 saturated heterocycles. The van der Waals surface area contributed by atoms with Gasteiger partial charge in [-0.05, 0) is 38.8 Å². The number of carbonyl (C=O) groups is 1. The first-order valence-electron chi connectivity index (χ1n) is 10.5. The van der Waals surface area contributed by atoms with Crippen LogP contribution >= 0.6 is 24.0 Å². The number of hydrogen-bond acceptors (Lipinski definition) is 6. The fourth-order valence-corrected chi connectivity index (χ4v) is 4.93. The van der Waals surface area contributed by atoms with Crippen molar-refractivity contribution in [2.45, 2.75) is 53.4 Å². The first-order valence-corrected chi connectivity index (χ1v) is 11.7. The van der Waals surface area contributed by atoms with Gasteiger partial charge in [0.25, 0.3) is 11.5 Å². The lowest BCUT2D eigenvalue weighted by molar-refractivity contribution is -0.122. The number of unbranched alkanes of at least 4 members (excludes halogenated alkanes) is 3. The van der Waals surface area contributed by atoms with Crippen LogP contribution in [0, 0.1) is 18.3 Å².